The van der Waals surface area contributed by atoms with Crippen molar-refractivity contribution in [2.75, 3.05) is 13.2 Å². The fraction of sp³-hybridized carbons (Fsp3) is 0.421. The largest absolute Gasteiger partial charge is 0.493 e. The lowest BCUT2D eigenvalue weighted by Crippen LogP contribution is -2.42. The van der Waals surface area contributed by atoms with Crippen LogP contribution in [0.15, 0.2) is 29.2 Å². The number of hydrogen-bond acceptors (Lipinski definition) is 6. The third-order valence-electron chi connectivity index (χ3n) is 3.60. The van der Waals surface area contributed by atoms with Crippen LogP contribution >= 0.6 is 11.8 Å². The van der Waals surface area contributed by atoms with E-state index >= 15 is 0 Å². The molecule has 0 N–H and O–H groups in total. The van der Waals surface area contributed by atoms with Gasteiger partial charge in [0, 0.05) is 0 Å². The van der Waals surface area contributed by atoms with Gasteiger partial charge in [0.2, 0.25) is 0 Å². The number of ether oxygens (including phenoxy) is 2. The summed E-state index contributed by atoms with van der Waals surface area (Å²) in [5, 5.41) is -0.473. The van der Waals surface area contributed by atoms with Crippen molar-refractivity contribution in [3.63, 3.8) is 0 Å². The van der Waals surface area contributed by atoms with Crippen molar-refractivity contribution in [2.45, 2.75) is 33.7 Å². The van der Waals surface area contributed by atoms with Crippen molar-refractivity contribution in [3.05, 3.63) is 34.7 Å². The van der Waals surface area contributed by atoms with E-state index in [1.54, 1.807) is 13.0 Å². The lowest BCUT2D eigenvalue weighted by Gasteiger charge is -2.19. The standard InChI is InChI=1S/C19H23NO5S/c1-5-24-18(22)13(4)20-17(21)16(26-19(20)23)10-14-6-8-15(9-7-14)25-11-12(2)3/h6-10,12-13H,5,11H2,1-4H3. The fourth-order valence-corrected chi connectivity index (χ4v) is 3.16. The van der Waals surface area contributed by atoms with E-state index in [0.717, 1.165) is 28.0 Å². The van der Waals surface area contributed by atoms with Gasteiger partial charge < -0.3 is 9.47 Å². The lowest BCUT2D eigenvalue weighted by atomic mass is 10.2. The Balaban J connectivity index is 2.10. The Morgan fingerprint density at radius 1 is 1.19 bits per heavy atom. The van der Waals surface area contributed by atoms with Gasteiger partial charge in [0.1, 0.15) is 11.8 Å². The van der Waals surface area contributed by atoms with Crippen LogP contribution in [0.5, 0.6) is 5.75 Å². The molecule has 2 amide bonds. The van der Waals surface area contributed by atoms with Gasteiger partial charge in [0.05, 0.1) is 18.1 Å². The van der Waals surface area contributed by atoms with E-state index in [4.69, 9.17) is 9.47 Å². The number of carbonyl (C=O) groups is 3. The highest BCUT2D eigenvalue weighted by molar-refractivity contribution is 8.18. The molecule has 7 heteroatoms. The summed E-state index contributed by atoms with van der Waals surface area (Å²) >= 11 is 0.818. The topological polar surface area (TPSA) is 72.9 Å². The molecule has 6 nitrogen and oxygen atoms in total. The smallest absolute Gasteiger partial charge is 0.329 e. The molecule has 0 saturated carbocycles. The number of carbonyl (C=O) groups excluding carboxylic acids is 3. The SMILES string of the molecule is CCOC(=O)C(C)N1C(=O)SC(=Cc2ccc(OCC(C)C)cc2)C1=O. The Morgan fingerprint density at radius 2 is 1.85 bits per heavy atom. The first-order valence-corrected chi connectivity index (χ1v) is 9.31. The summed E-state index contributed by atoms with van der Waals surface area (Å²) in [6.45, 7) is 8.12. The molecule has 1 aliphatic rings. The Labute approximate surface area is 157 Å². The Kier molecular flexibility index (Phi) is 6.85. The van der Waals surface area contributed by atoms with Gasteiger partial charge in [-0.15, -0.1) is 0 Å². The predicted molar refractivity (Wildman–Crippen MR) is 101 cm³/mol. The van der Waals surface area contributed by atoms with E-state index in [2.05, 4.69) is 13.8 Å². The van der Waals surface area contributed by atoms with E-state index in [1.165, 1.54) is 6.92 Å². The highest BCUT2D eigenvalue weighted by atomic mass is 32.2. The summed E-state index contributed by atoms with van der Waals surface area (Å²) < 4.78 is 10.5. The maximum absolute atomic E-state index is 12.5. The van der Waals surface area contributed by atoms with E-state index in [-0.39, 0.29) is 11.5 Å². The monoisotopic (exact) mass is 377 g/mol. The second-order valence-corrected chi connectivity index (χ2v) is 7.25. The summed E-state index contributed by atoms with van der Waals surface area (Å²) in [6, 6.07) is 6.33. The molecule has 1 fully saturated rings. The molecule has 140 valence electrons. The molecule has 2 rings (SSSR count). The highest BCUT2D eigenvalue weighted by Gasteiger charge is 2.41. The van der Waals surface area contributed by atoms with Gasteiger partial charge in [-0.2, -0.15) is 0 Å². The summed E-state index contributed by atoms with van der Waals surface area (Å²) in [6.07, 6.45) is 1.63. The second kappa shape index (κ2) is 8.89. The molecule has 1 atom stereocenters. The molecule has 0 aliphatic carbocycles. The number of thioether (sulfide) groups is 1. The van der Waals surface area contributed by atoms with Crippen molar-refractivity contribution in [3.8, 4) is 5.75 Å². The van der Waals surface area contributed by atoms with Crippen molar-refractivity contribution in [2.24, 2.45) is 5.92 Å². The predicted octanol–water partition coefficient (Wildman–Crippen LogP) is 3.71. The first kappa shape index (κ1) is 20.0. The number of benzene rings is 1. The molecule has 1 aliphatic heterocycles. The Morgan fingerprint density at radius 3 is 2.42 bits per heavy atom. The number of imide groups is 1. The van der Waals surface area contributed by atoms with Crippen molar-refractivity contribution in [1.82, 2.24) is 4.90 Å². The van der Waals surface area contributed by atoms with Gasteiger partial charge in [-0.1, -0.05) is 26.0 Å². The van der Waals surface area contributed by atoms with Crippen LogP contribution in [-0.4, -0.2) is 41.3 Å². The molecule has 0 aromatic heterocycles. The Bertz CT molecular complexity index is 711. The average Bonchev–Trinajstić information content (AvgIpc) is 2.87. The summed E-state index contributed by atoms with van der Waals surface area (Å²) in [5.41, 5.74) is 0.774. The maximum Gasteiger partial charge on any atom is 0.329 e. The van der Waals surface area contributed by atoms with Gasteiger partial charge in [-0.05, 0) is 55.3 Å². The number of amides is 2. The van der Waals surface area contributed by atoms with Gasteiger partial charge >= 0.3 is 5.97 Å². The van der Waals surface area contributed by atoms with Crippen LogP contribution in [0.1, 0.15) is 33.3 Å². The van der Waals surface area contributed by atoms with Gasteiger partial charge in [-0.25, -0.2) is 4.79 Å². The third kappa shape index (κ3) is 4.88. The van der Waals surface area contributed by atoms with Crippen LogP contribution in [0.4, 0.5) is 4.79 Å². The minimum Gasteiger partial charge on any atom is -0.493 e. The van der Waals surface area contributed by atoms with Crippen LogP contribution in [0.3, 0.4) is 0 Å². The molecular weight excluding hydrogens is 354 g/mol. The van der Waals surface area contributed by atoms with Crippen LogP contribution in [-0.2, 0) is 14.3 Å². The van der Waals surface area contributed by atoms with Crippen LogP contribution in [0.25, 0.3) is 6.08 Å². The van der Waals surface area contributed by atoms with E-state index < -0.39 is 23.2 Å². The molecule has 1 unspecified atom stereocenters. The van der Waals surface area contributed by atoms with Gasteiger partial charge in [0.25, 0.3) is 11.1 Å². The summed E-state index contributed by atoms with van der Waals surface area (Å²) in [7, 11) is 0. The average molecular weight is 377 g/mol. The highest BCUT2D eigenvalue weighted by Crippen LogP contribution is 2.34. The van der Waals surface area contributed by atoms with E-state index in [0.29, 0.717) is 12.5 Å². The normalized spacial score (nSPS) is 17.1. The number of hydrogen-bond donors (Lipinski definition) is 0. The van der Waals surface area contributed by atoms with Crippen LogP contribution in [0, 0.1) is 5.92 Å². The minimum absolute atomic E-state index is 0.195. The number of esters is 1. The van der Waals surface area contributed by atoms with Crippen molar-refractivity contribution >= 4 is 35.0 Å². The molecule has 1 aromatic carbocycles. The summed E-state index contributed by atoms with van der Waals surface area (Å²) in [4.78, 5) is 37.7. The number of nitrogens with zero attached hydrogens (tertiary/aromatic N) is 1. The molecule has 1 saturated heterocycles. The lowest BCUT2D eigenvalue weighted by molar-refractivity contribution is -0.150. The maximum atomic E-state index is 12.5. The molecule has 1 heterocycles. The zero-order chi connectivity index (χ0) is 19.3. The van der Waals surface area contributed by atoms with Gasteiger partial charge in [-0.3, -0.25) is 14.5 Å². The molecule has 1 aromatic rings. The summed E-state index contributed by atoms with van der Waals surface area (Å²) in [5.74, 6) is 0.103. The van der Waals surface area contributed by atoms with E-state index in [9.17, 15) is 14.4 Å². The van der Waals surface area contributed by atoms with Gasteiger partial charge in [0.15, 0.2) is 0 Å². The minimum atomic E-state index is -0.944. The van der Waals surface area contributed by atoms with Crippen LogP contribution in [0.2, 0.25) is 0 Å². The van der Waals surface area contributed by atoms with E-state index in [1.807, 2.05) is 24.3 Å². The molecular formula is C19H23NO5S. The molecule has 0 radical (unpaired) electrons. The van der Waals surface area contributed by atoms with Crippen molar-refractivity contribution in [1.29, 1.82) is 0 Å². The third-order valence-corrected chi connectivity index (χ3v) is 4.48. The Hall–Kier alpha value is -2.28. The molecule has 0 bridgehead atoms. The molecule has 26 heavy (non-hydrogen) atoms. The first-order valence-electron chi connectivity index (χ1n) is 8.50. The van der Waals surface area contributed by atoms with Crippen molar-refractivity contribution < 1.29 is 23.9 Å². The quantitative estimate of drug-likeness (QED) is 0.533. The van der Waals surface area contributed by atoms with Crippen LogP contribution < -0.4 is 4.74 Å². The molecule has 0 spiro atoms. The second-order valence-electron chi connectivity index (χ2n) is 6.25. The number of rotatable bonds is 7. The zero-order valence-electron chi connectivity index (χ0n) is 15.4. The zero-order valence-corrected chi connectivity index (χ0v) is 16.2. The first-order chi connectivity index (χ1) is 12.3. The fourth-order valence-electron chi connectivity index (χ4n) is 2.26.